The zero-order valence-electron chi connectivity index (χ0n) is 13.6. The van der Waals surface area contributed by atoms with E-state index in [0.717, 1.165) is 6.42 Å². The van der Waals surface area contributed by atoms with Gasteiger partial charge in [0.1, 0.15) is 5.75 Å². The van der Waals surface area contributed by atoms with Crippen molar-refractivity contribution in [3.05, 3.63) is 29.8 Å². The maximum absolute atomic E-state index is 12.4. The number of carbonyl (C=O) groups is 2. The number of carboxylic acid groups (broad SMARTS) is 1. The molecule has 0 spiro atoms. The van der Waals surface area contributed by atoms with Crippen LogP contribution in [0, 0.1) is 5.41 Å². The van der Waals surface area contributed by atoms with Gasteiger partial charge in [-0.15, -0.1) is 0 Å². The van der Waals surface area contributed by atoms with Crippen molar-refractivity contribution in [2.45, 2.75) is 19.8 Å². The van der Waals surface area contributed by atoms with E-state index < -0.39 is 11.4 Å². The molecule has 2 rings (SSSR count). The minimum absolute atomic E-state index is 0.138. The van der Waals surface area contributed by atoms with Crippen molar-refractivity contribution in [2.24, 2.45) is 5.41 Å². The number of likely N-dealkylation sites (tertiary alicyclic amines) is 1. The van der Waals surface area contributed by atoms with Crippen molar-refractivity contribution in [3.8, 4) is 5.75 Å². The molecule has 1 aliphatic heterocycles. The Morgan fingerprint density at radius 3 is 2.52 bits per heavy atom. The number of methoxy groups -OCH3 is 1. The van der Waals surface area contributed by atoms with Crippen LogP contribution >= 0.6 is 0 Å². The second-order valence-corrected chi connectivity index (χ2v) is 6.06. The summed E-state index contributed by atoms with van der Waals surface area (Å²) >= 11 is 0. The van der Waals surface area contributed by atoms with Crippen LogP contribution in [-0.4, -0.2) is 55.3 Å². The van der Waals surface area contributed by atoms with Gasteiger partial charge in [-0.25, -0.2) is 0 Å². The lowest BCUT2D eigenvalue weighted by Crippen LogP contribution is -2.34. The Balaban J connectivity index is 1.92. The van der Waals surface area contributed by atoms with E-state index in [1.807, 2.05) is 0 Å². The molecule has 1 aliphatic rings. The van der Waals surface area contributed by atoms with Gasteiger partial charge >= 0.3 is 5.97 Å². The molecule has 6 heteroatoms. The zero-order chi connectivity index (χ0) is 16.9. The largest absolute Gasteiger partial charge is 0.494 e. The lowest BCUT2D eigenvalue weighted by molar-refractivity contribution is -0.147. The average molecular weight is 321 g/mol. The zero-order valence-corrected chi connectivity index (χ0v) is 13.6. The lowest BCUT2D eigenvalue weighted by atomic mass is 9.90. The molecule has 0 aliphatic carbocycles. The highest BCUT2D eigenvalue weighted by Gasteiger charge is 2.42. The molecular formula is C17H23NO5. The first-order chi connectivity index (χ1) is 11.0. The number of carboxylic acids is 1. The summed E-state index contributed by atoms with van der Waals surface area (Å²) < 4.78 is 10.5. The third-order valence-electron chi connectivity index (χ3n) is 4.14. The molecule has 1 aromatic rings. The molecular weight excluding hydrogens is 298 g/mol. The maximum atomic E-state index is 12.4. The van der Waals surface area contributed by atoms with Gasteiger partial charge in [-0.3, -0.25) is 9.59 Å². The van der Waals surface area contributed by atoms with Gasteiger partial charge in [0.15, 0.2) is 0 Å². The summed E-state index contributed by atoms with van der Waals surface area (Å²) in [7, 11) is 1.65. The molecule has 0 radical (unpaired) electrons. The fraction of sp³-hybridized carbons (Fsp3) is 0.529. The van der Waals surface area contributed by atoms with Crippen molar-refractivity contribution >= 4 is 11.9 Å². The second-order valence-electron chi connectivity index (χ2n) is 6.06. The number of nitrogens with zero attached hydrogens (tertiary/aromatic N) is 1. The number of rotatable bonds is 7. The maximum Gasteiger partial charge on any atom is 0.311 e. The van der Waals surface area contributed by atoms with Gasteiger partial charge in [0.2, 0.25) is 0 Å². The fourth-order valence-corrected chi connectivity index (χ4v) is 2.58. The van der Waals surface area contributed by atoms with Crippen molar-refractivity contribution in [1.29, 1.82) is 0 Å². The summed E-state index contributed by atoms with van der Waals surface area (Å²) in [6.07, 6.45) is 1.29. The highest BCUT2D eigenvalue weighted by molar-refractivity contribution is 5.95. The van der Waals surface area contributed by atoms with Crippen LogP contribution in [0.5, 0.6) is 5.75 Å². The lowest BCUT2D eigenvalue weighted by Gasteiger charge is -2.20. The third-order valence-corrected chi connectivity index (χ3v) is 4.14. The molecule has 23 heavy (non-hydrogen) atoms. The summed E-state index contributed by atoms with van der Waals surface area (Å²) in [4.78, 5) is 25.3. The number of hydrogen-bond donors (Lipinski definition) is 1. The van der Waals surface area contributed by atoms with Gasteiger partial charge in [-0.2, -0.15) is 0 Å². The normalized spacial score (nSPS) is 20.5. The average Bonchev–Trinajstić information content (AvgIpc) is 2.95. The SMILES string of the molecule is COCCCOc1ccc(C(=O)N2CCC(C)(C(=O)O)C2)cc1. The van der Waals surface area contributed by atoms with E-state index in [9.17, 15) is 14.7 Å². The summed E-state index contributed by atoms with van der Waals surface area (Å²) in [6.45, 7) is 3.60. The summed E-state index contributed by atoms with van der Waals surface area (Å²) in [5, 5.41) is 9.24. The molecule has 0 saturated carbocycles. The molecule has 126 valence electrons. The summed E-state index contributed by atoms with van der Waals surface area (Å²) in [6, 6.07) is 6.94. The van der Waals surface area contributed by atoms with Crippen LogP contribution in [-0.2, 0) is 9.53 Å². The highest BCUT2D eigenvalue weighted by Crippen LogP contribution is 2.31. The quantitative estimate of drug-likeness (QED) is 0.778. The minimum atomic E-state index is -0.854. The predicted molar refractivity (Wildman–Crippen MR) is 84.7 cm³/mol. The van der Waals surface area contributed by atoms with Crippen molar-refractivity contribution in [1.82, 2.24) is 4.90 Å². The predicted octanol–water partition coefficient (Wildman–Crippen LogP) is 2.04. The van der Waals surface area contributed by atoms with Gasteiger partial charge in [0.05, 0.1) is 12.0 Å². The minimum Gasteiger partial charge on any atom is -0.494 e. The molecule has 0 aromatic heterocycles. The van der Waals surface area contributed by atoms with Crippen LogP contribution < -0.4 is 4.74 Å². The second kappa shape index (κ2) is 7.46. The van der Waals surface area contributed by atoms with Crippen LogP contribution in [0.4, 0.5) is 0 Å². The number of carbonyl (C=O) groups excluding carboxylic acids is 1. The highest BCUT2D eigenvalue weighted by atomic mass is 16.5. The smallest absolute Gasteiger partial charge is 0.311 e. The first kappa shape index (κ1) is 17.3. The van der Waals surface area contributed by atoms with E-state index in [-0.39, 0.29) is 12.5 Å². The van der Waals surface area contributed by atoms with Gasteiger partial charge in [0, 0.05) is 38.8 Å². The van der Waals surface area contributed by atoms with E-state index in [2.05, 4.69) is 0 Å². The first-order valence-electron chi connectivity index (χ1n) is 7.71. The van der Waals surface area contributed by atoms with E-state index in [0.29, 0.717) is 37.5 Å². The molecule has 6 nitrogen and oxygen atoms in total. The Morgan fingerprint density at radius 1 is 1.26 bits per heavy atom. The molecule has 1 atom stereocenters. The molecule has 1 amide bonds. The van der Waals surface area contributed by atoms with E-state index in [1.165, 1.54) is 0 Å². The van der Waals surface area contributed by atoms with Crippen LogP contribution in [0.25, 0.3) is 0 Å². The number of ether oxygens (including phenoxy) is 2. The van der Waals surface area contributed by atoms with E-state index >= 15 is 0 Å². The Labute approximate surface area is 136 Å². The van der Waals surface area contributed by atoms with Crippen molar-refractivity contribution in [3.63, 3.8) is 0 Å². The Hall–Kier alpha value is -2.08. The van der Waals surface area contributed by atoms with Crippen LogP contribution in [0.3, 0.4) is 0 Å². The number of aliphatic carboxylic acids is 1. The standard InChI is InChI=1S/C17H23NO5/c1-17(16(20)21)8-9-18(12-17)15(19)13-4-6-14(7-5-13)23-11-3-10-22-2/h4-7H,3,8-12H2,1-2H3,(H,20,21). The van der Waals surface area contributed by atoms with Gasteiger partial charge < -0.3 is 19.5 Å². The number of amides is 1. The third kappa shape index (κ3) is 4.22. The molecule has 1 N–H and O–H groups in total. The summed E-state index contributed by atoms with van der Waals surface area (Å²) in [5.41, 5.74) is -0.302. The van der Waals surface area contributed by atoms with Crippen molar-refractivity contribution < 1.29 is 24.2 Å². The van der Waals surface area contributed by atoms with Crippen molar-refractivity contribution in [2.75, 3.05) is 33.4 Å². The number of hydrogen-bond acceptors (Lipinski definition) is 4. The molecule has 1 fully saturated rings. The van der Waals surface area contributed by atoms with Gasteiger partial charge in [0.25, 0.3) is 5.91 Å². The molecule has 0 bridgehead atoms. The van der Waals surface area contributed by atoms with Gasteiger partial charge in [-0.1, -0.05) is 0 Å². The molecule has 1 saturated heterocycles. The Kier molecular flexibility index (Phi) is 5.60. The summed E-state index contributed by atoms with van der Waals surface area (Å²) in [5.74, 6) is -0.289. The van der Waals surface area contributed by atoms with Crippen LogP contribution in [0.1, 0.15) is 30.1 Å². The van der Waals surface area contributed by atoms with Crippen LogP contribution in [0.2, 0.25) is 0 Å². The fourth-order valence-electron chi connectivity index (χ4n) is 2.58. The van der Waals surface area contributed by atoms with Gasteiger partial charge in [-0.05, 0) is 37.6 Å². The first-order valence-corrected chi connectivity index (χ1v) is 7.71. The Morgan fingerprint density at radius 2 is 1.96 bits per heavy atom. The molecule has 1 aromatic carbocycles. The van der Waals surface area contributed by atoms with E-state index in [4.69, 9.17) is 9.47 Å². The topological polar surface area (TPSA) is 76.1 Å². The molecule has 1 heterocycles. The van der Waals surface area contributed by atoms with Crippen LogP contribution in [0.15, 0.2) is 24.3 Å². The molecule has 1 unspecified atom stereocenters. The number of benzene rings is 1. The van der Waals surface area contributed by atoms with E-state index in [1.54, 1.807) is 43.2 Å². The Bertz CT molecular complexity index is 557. The monoisotopic (exact) mass is 321 g/mol.